The topological polar surface area (TPSA) is 84.9 Å². The van der Waals surface area contributed by atoms with Gasteiger partial charge in [0.15, 0.2) is 0 Å². The second kappa shape index (κ2) is 8.28. The van der Waals surface area contributed by atoms with Crippen molar-refractivity contribution in [3.05, 3.63) is 53.6 Å². The van der Waals surface area contributed by atoms with Gasteiger partial charge in [0.1, 0.15) is 11.5 Å². The standard InChI is InChI=1S/C23H24N2O5/c1-14(2)21(26)24-15-5-7-16(8-6-15)30-17-9-10-19-20(12-17)23(28)25(22(19)27)13-18-4-3-11-29-18/h5-10,12,14,18H,3-4,11,13H2,1-2H3,(H,24,26)/t18-/m1/s1. The molecule has 0 aliphatic carbocycles. The van der Waals surface area contributed by atoms with E-state index in [-0.39, 0.29) is 36.3 Å². The first kappa shape index (κ1) is 20.1. The zero-order valence-electron chi connectivity index (χ0n) is 17.0. The predicted octanol–water partition coefficient (Wildman–Crippen LogP) is 3.85. The van der Waals surface area contributed by atoms with Gasteiger partial charge in [0.05, 0.1) is 23.8 Å². The molecular weight excluding hydrogens is 384 g/mol. The van der Waals surface area contributed by atoms with Gasteiger partial charge in [-0.2, -0.15) is 0 Å². The number of ether oxygens (including phenoxy) is 2. The molecule has 0 bridgehead atoms. The molecule has 0 spiro atoms. The van der Waals surface area contributed by atoms with Gasteiger partial charge >= 0.3 is 0 Å². The van der Waals surface area contributed by atoms with Crippen molar-refractivity contribution in [2.75, 3.05) is 18.5 Å². The van der Waals surface area contributed by atoms with Gasteiger partial charge in [-0.15, -0.1) is 0 Å². The van der Waals surface area contributed by atoms with Crippen LogP contribution in [-0.2, 0) is 9.53 Å². The first-order chi connectivity index (χ1) is 14.4. The van der Waals surface area contributed by atoms with Crippen LogP contribution in [0.15, 0.2) is 42.5 Å². The highest BCUT2D eigenvalue weighted by atomic mass is 16.5. The molecule has 2 aromatic rings. The van der Waals surface area contributed by atoms with E-state index in [9.17, 15) is 14.4 Å². The lowest BCUT2D eigenvalue weighted by Gasteiger charge is -2.17. The number of hydrogen-bond acceptors (Lipinski definition) is 5. The van der Waals surface area contributed by atoms with E-state index in [1.807, 2.05) is 13.8 Å². The molecule has 7 nitrogen and oxygen atoms in total. The van der Waals surface area contributed by atoms with E-state index in [4.69, 9.17) is 9.47 Å². The summed E-state index contributed by atoms with van der Waals surface area (Å²) < 4.78 is 11.4. The second-order valence-electron chi connectivity index (χ2n) is 7.83. The van der Waals surface area contributed by atoms with Crippen LogP contribution in [0.5, 0.6) is 11.5 Å². The normalized spacial score (nSPS) is 18.1. The van der Waals surface area contributed by atoms with Crippen LogP contribution in [0, 0.1) is 5.92 Å². The fourth-order valence-corrected chi connectivity index (χ4v) is 3.52. The van der Waals surface area contributed by atoms with Crippen LogP contribution in [0.2, 0.25) is 0 Å². The average Bonchev–Trinajstić information content (AvgIpc) is 3.32. The summed E-state index contributed by atoms with van der Waals surface area (Å²) in [5.74, 6) is 0.258. The van der Waals surface area contributed by atoms with Gasteiger partial charge in [-0.25, -0.2) is 0 Å². The smallest absolute Gasteiger partial charge is 0.261 e. The summed E-state index contributed by atoms with van der Waals surface area (Å²) in [6.45, 7) is 4.61. The number of nitrogens with zero attached hydrogens (tertiary/aromatic N) is 1. The average molecular weight is 408 g/mol. The van der Waals surface area contributed by atoms with Gasteiger partial charge in [-0.05, 0) is 55.3 Å². The molecule has 2 aliphatic heterocycles. The highest BCUT2D eigenvalue weighted by Crippen LogP contribution is 2.30. The Morgan fingerprint density at radius 2 is 1.80 bits per heavy atom. The molecule has 7 heteroatoms. The Labute approximate surface area is 175 Å². The molecule has 2 aliphatic rings. The molecule has 1 fully saturated rings. The number of benzene rings is 2. The van der Waals surface area contributed by atoms with Gasteiger partial charge in [-0.1, -0.05) is 13.8 Å². The maximum atomic E-state index is 12.8. The Hall–Kier alpha value is -3.19. The third-order valence-electron chi connectivity index (χ3n) is 5.23. The van der Waals surface area contributed by atoms with Crippen molar-refractivity contribution >= 4 is 23.4 Å². The second-order valence-corrected chi connectivity index (χ2v) is 7.83. The summed E-state index contributed by atoms with van der Waals surface area (Å²) in [5, 5.41) is 2.82. The van der Waals surface area contributed by atoms with Crippen LogP contribution in [0.4, 0.5) is 5.69 Å². The first-order valence-corrected chi connectivity index (χ1v) is 10.1. The van der Waals surface area contributed by atoms with Crippen molar-refractivity contribution in [1.82, 2.24) is 4.90 Å². The van der Waals surface area contributed by atoms with Crippen LogP contribution in [0.25, 0.3) is 0 Å². The van der Waals surface area contributed by atoms with Crippen LogP contribution in [-0.4, -0.2) is 41.9 Å². The minimum Gasteiger partial charge on any atom is -0.457 e. The lowest BCUT2D eigenvalue weighted by Crippen LogP contribution is -2.36. The molecule has 1 saturated heterocycles. The molecule has 0 saturated carbocycles. The van der Waals surface area contributed by atoms with Crippen molar-refractivity contribution in [2.24, 2.45) is 5.92 Å². The minimum atomic E-state index is -0.317. The molecule has 3 amide bonds. The van der Waals surface area contributed by atoms with Gasteiger partial charge in [0.25, 0.3) is 11.8 Å². The predicted molar refractivity (Wildman–Crippen MR) is 111 cm³/mol. The van der Waals surface area contributed by atoms with Crippen molar-refractivity contribution in [3.63, 3.8) is 0 Å². The summed E-state index contributed by atoms with van der Waals surface area (Å²) >= 11 is 0. The van der Waals surface area contributed by atoms with E-state index in [1.165, 1.54) is 4.90 Å². The number of hydrogen-bond donors (Lipinski definition) is 1. The molecule has 156 valence electrons. The number of amides is 3. The van der Waals surface area contributed by atoms with Gasteiger partial charge in [0, 0.05) is 18.2 Å². The van der Waals surface area contributed by atoms with Gasteiger partial charge < -0.3 is 14.8 Å². The lowest BCUT2D eigenvalue weighted by molar-refractivity contribution is -0.118. The number of imide groups is 1. The molecule has 30 heavy (non-hydrogen) atoms. The number of rotatable bonds is 6. The third-order valence-corrected chi connectivity index (χ3v) is 5.23. The van der Waals surface area contributed by atoms with E-state index < -0.39 is 0 Å². The largest absolute Gasteiger partial charge is 0.457 e. The fraction of sp³-hybridized carbons (Fsp3) is 0.348. The van der Waals surface area contributed by atoms with Gasteiger partial charge in [-0.3, -0.25) is 19.3 Å². The summed E-state index contributed by atoms with van der Waals surface area (Å²) in [6.07, 6.45) is 1.72. The summed E-state index contributed by atoms with van der Waals surface area (Å²) in [4.78, 5) is 38.4. The van der Waals surface area contributed by atoms with Crippen LogP contribution in [0.1, 0.15) is 47.4 Å². The van der Waals surface area contributed by atoms with Crippen LogP contribution in [0.3, 0.4) is 0 Å². The van der Waals surface area contributed by atoms with Crippen LogP contribution < -0.4 is 10.1 Å². The highest BCUT2D eigenvalue weighted by molar-refractivity contribution is 6.21. The third kappa shape index (κ3) is 4.07. The Kier molecular flexibility index (Phi) is 5.55. The molecule has 4 rings (SSSR count). The quantitative estimate of drug-likeness (QED) is 0.734. The molecule has 1 atom stereocenters. The van der Waals surface area contributed by atoms with Crippen molar-refractivity contribution < 1.29 is 23.9 Å². The number of carbonyl (C=O) groups excluding carboxylic acids is 3. The maximum absolute atomic E-state index is 12.8. The number of fused-ring (bicyclic) bond motifs is 1. The molecule has 2 heterocycles. The zero-order chi connectivity index (χ0) is 21.3. The summed E-state index contributed by atoms with van der Waals surface area (Å²) in [6, 6.07) is 11.9. The van der Waals surface area contributed by atoms with E-state index >= 15 is 0 Å². The molecule has 0 aromatic heterocycles. The summed E-state index contributed by atoms with van der Waals surface area (Å²) in [7, 11) is 0. The number of nitrogens with one attached hydrogen (secondary N) is 1. The fourth-order valence-electron chi connectivity index (χ4n) is 3.52. The lowest BCUT2D eigenvalue weighted by atomic mass is 10.1. The van der Waals surface area contributed by atoms with E-state index in [0.29, 0.717) is 34.9 Å². The van der Waals surface area contributed by atoms with Crippen LogP contribution >= 0.6 is 0 Å². The molecule has 1 N–H and O–H groups in total. The van der Waals surface area contributed by atoms with E-state index in [2.05, 4.69) is 5.32 Å². The molecule has 0 radical (unpaired) electrons. The Morgan fingerprint density at radius 3 is 2.47 bits per heavy atom. The monoisotopic (exact) mass is 408 g/mol. The number of carbonyl (C=O) groups is 3. The number of anilines is 1. The first-order valence-electron chi connectivity index (χ1n) is 10.1. The maximum Gasteiger partial charge on any atom is 0.261 e. The zero-order valence-corrected chi connectivity index (χ0v) is 17.0. The Morgan fingerprint density at radius 1 is 1.10 bits per heavy atom. The van der Waals surface area contributed by atoms with E-state index in [1.54, 1.807) is 42.5 Å². The van der Waals surface area contributed by atoms with Crippen molar-refractivity contribution in [2.45, 2.75) is 32.8 Å². The van der Waals surface area contributed by atoms with E-state index in [0.717, 1.165) is 12.8 Å². The Balaban J connectivity index is 1.45. The SMILES string of the molecule is CC(C)C(=O)Nc1ccc(Oc2ccc3c(c2)C(=O)N(C[C@H]2CCCO2)C3=O)cc1. The molecule has 0 unspecified atom stereocenters. The molecular formula is C23H24N2O5. The van der Waals surface area contributed by atoms with Crippen molar-refractivity contribution in [1.29, 1.82) is 0 Å². The Bertz CT molecular complexity index is 978. The minimum absolute atomic E-state index is 0.0574. The summed E-state index contributed by atoms with van der Waals surface area (Å²) in [5.41, 5.74) is 1.41. The highest BCUT2D eigenvalue weighted by Gasteiger charge is 2.37. The molecule has 2 aromatic carbocycles. The van der Waals surface area contributed by atoms with Crippen molar-refractivity contribution in [3.8, 4) is 11.5 Å². The van der Waals surface area contributed by atoms with Gasteiger partial charge in [0.2, 0.25) is 5.91 Å².